The maximum atomic E-state index is 11.5. The van der Waals surface area contributed by atoms with Gasteiger partial charge < -0.3 is 0 Å². The molecule has 0 aliphatic carbocycles. The first-order valence-electron chi connectivity index (χ1n) is 3.10. The molecule has 0 atom stereocenters. The zero-order chi connectivity index (χ0) is 8.74. The maximum absolute atomic E-state index is 11.5. The third-order valence-corrected chi connectivity index (χ3v) is 4.60. The molecule has 0 rings (SSSR count). The van der Waals surface area contributed by atoms with Crippen LogP contribution >= 0.6 is 31.4 Å². The highest BCUT2D eigenvalue weighted by Gasteiger charge is 2.28. The molecule has 0 aromatic heterocycles. The first-order valence-corrected chi connectivity index (χ1v) is 6.75. The minimum absolute atomic E-state index is 0.0364. The summed E-state index contributed by atoms with van der Waals surface area (Å²) in [6.07, 6.45) is 2.01. The van der Waals surface area contributed by atoms with Crippen molar-refractivity contribution in [3.8, 4) is 0 Å². The monoisotopic (exact) mass is 222 g/mol. The van der Waals surface area contributed by atoms with E-state index in [9.17, 15) is 13.2 Å². The van der Waals surface area contributed by atoms with Gasteiger partial charge in [0.15, 0.2) is 0 Å². The molecule has 0 saturated heterocycles. The van der Waals surface area contributed by atoms with E-state index in [0.717, 1.165) is 28.4 Å². The van der Waals surface area contributed by atoms with Crippen molar-refractivity contribution in [2.24, 2.45) is 0 Å². The number of alkyl halides is 3. The topological polar surface area (TPSA) is 0 Å². The Hall–Kier alpha value is 0.840. The molecule has 0 aliphatic rings. The van der Waals surface area contributed by atoms with Gasteiger partial charge in [-0.05, 0) is 16.2 Å². The average molecular weight is 222 g/mol. The smallest absolute Gasteiger partial charge is 0.160 e. The number of hydrogen-bond acceptors (Lipinski definition) is 3. The van der Waals surface area contributed by atoms with Gasteiger partial charge in [-0.25, -0.2) is 0 Å². The van der Waals surface area contributed by atoms with E-state index < -0.39 is 5.51 Å². The lowest BCUT2D eigenvalue weighted by atomic mass is 10.4. The molecule has 0 nitrogen and oxygen atoms in total. The van der Waals surface area contributed by atoms with Crippen LogP contribution in [0.2, 0.25) is 0 Å². The summed E-state index contributed by atoms with van der Waals surface area (Å²) in [5, 5.41) is 0. The summed E-state index contributed by atoms with van der Waals surface area (Å²) in [7, 11) is 2.04. The molecule has 0 radical (unpaired) electrons. The van der Waals surface area contributed by atoms with Gasteiger partial charge in [-0.3, -0.25) is 0 Å². The molecule has 0 aromatic rings. The second kappa shape index (κ2) is 6.37. The highest BCUT2D eigenvalue weighted by Crippen LogP contribution is 2.46. The number of hydrogen-bond donors (Lipinski definition) is 0. The summed E-state index contributed by atoms with van der Waals surface area (Å²) in [5.74, 6) is 0.796. The summed E-state index contributed by atoms with van der Waals surface area (Å²) >= 11 is 0. The van der Waals surface area contributed by atoms with Crippen molar-refractivity contribution in [3.63, 3.8) is 0 Å². The van der Waals surface area contributed by atoms with Gasteiger partial charge in [0.05, 0.1) is 0 Å². The minimum atomic E-state index is -4.09. The molecule has 0 unspecified atom stereocenters. The van der Waals surface area contributed by atoms with Crippen molar-refractivity contribution >= 4 is 31.4 Å². The highest BCUT2D eigenvalue weighted by atomic mass is 33.5. The Morgan fingerprint density at radius 2 is 1.91 bits per heavy atom. The van der Waals surface area contributed by atoms with Gasteiger partial charge in [0.25, 0.3) is 0 Å². The summed E-state index contributed by atoms with van der Waals surface area (Å²) in [5.41, 5.74) is -4.09. The highest BCUT2D eigenvalue weighted by molar-refractivity contribution is 9.09. The standard InChI is InChI=1S/C5H9F3S3/c1-2-3-4-9-11-10-5(6,7)8/h2-4H2,1H3. The number of rotatable bonds is 5. The fraction of sp³-hybridized carbons (Fsp3) is 1.00. The van der Waals surface area contributed by atoms with Crippen molar-refractivity contribution in [2.75, 3.05) is 5.75 Å². The Kier molecular flexibility index (Phi) is 6.85. The van der Waals surface area contributed by atoms with Gasteiger partial charge in [-0.1, -0.05) is 24.1 Å². The Bertz CT molecular complexity index is 93.5. The second-order valence-electron chi connectivity index (χ2n) is 1.77. The van der Waals surface area contributed by atoms with Crippen LogP contribution in [0.4, 0.5) is 13.2 Å². The zero-order valence-electron chi connectivity index (χ0n) is 5.98. The van der Waals surface area contributed by atoms with Crippen LogP contribution < -0.4 is 0 Å². The molecule has 0 aromatic carbocycles. The molecular formula is C5H9F3S3. The second-order valence-corrected chi connectivity index (χ2v) is 6.02. The fourth-order valence-corrected chi connectivity index (χ4v) is 3.57. The molecule has 0 saturated carbocycles. The summed E-state index contributed by atoms with van der Waals surface area (Å²) < 4.78 is 34.5. The third-order valence-electron chi connectivity index (χ3n) is 0.758. The largest absolute Gasteiger partial charge is 0.452 e. The lowest BCUT2D eigenvalue weighted by Crippen LogP contribution is -1.95. The Balaban J connectivity index is 3.02. The van der Waals surface area contributed by atoms with E-state index in [4.69, 9.17) is 0 Å². The van der Waals surface area contributed by atoms with Crippen LogP contribution in [0.15, 0.2) is 0 Å². The maximum Gasteiger partial charge on any atom is 0.452 e. The van der Waals surface area contributed by atoms with Crippen molar-refractivity contribution < 1.29 is 13.2 Å². The van der Waals surface area contributed by atoms with Crippen LogP contribution in [-0.4, -0.2) is 11.3 Å². The molecule has 0 spiro atoms. The Morgan fingerprint density at radius 1 is 1.27 bits per heavy atom. The van der Waals surface area contributed by atoms with Crippen molar-refractivity contribution in [3.05, 3.63) is 0 Å². The predicted octanol–water partition coefficient (Wildman–Crippen LogP) is 4.34. The molecule has 0 heterocycles. The molecule has 0 bridgehead atoms. The molecule has 0 aliphatic heterocycles. The zero-order valence-corrected chi connectivity index (χ0v) is 8.43. The molecule has 68 valence electrons. The van der Waals surface area contributed by atoms with E-state index in [0.29, 0.717) is 0 Å². The molecule has 0 amide bonds. The summed E-state index contributed by atoms with van der Waals surface area (Å²) in [6.45, 7) is 2.02. The van der Waals surface area contributed by atoms with Crippen molar-refractivity contribution in [2.45, 2.75) is 25.3 Å². The number of unbranched alkanes of at least 4 members (excludes halogenated alkanes) is 1. The SMILES string of the molecule is CCCCSSSC(F)(F)F. The van der Waals surface area contributed by atoms with Crippen LogP contribution in [0.5, 0.6) is 0 Å². The van der Waals surface area contributed by atoms with Crippen LogP contribution in [-0.2, 0) is 0 Å². The van der Waals surface area contributed by atoms with Crippen molar-refractivity contribution in [1.82, 2.24) is 0 Å². The van der Waals surface area contributed by atoms with Crippen LogP contribution in [0, 0.1) is 0 Å². The first kappa shape index (κ1) is 11.8. The summed E-state index contributed by atoms with van der Waals surface area (Å²) in [6, 6.07) is 0. The summed E-state index contributed by atoms with van der Waals surface area (Å²) in [4.78, 5) is 0. The van der Waals surface area contributed by atoms with Crippen LogP contribution in [0.25, 0.3) is 0 Å². The van der Waals surface area contributed by atoms with E-state index in [1.807, 2.05) is 6.92 Å². The fourth-order valence-electron chi connectivity index (χ4n) is 0.300. The molecule has 11 heavy (non-hydrogen) atoms. The van der Waals surface area contributed by atoms with Crippen LogP contribution in [0.3, 0.4) is 0 Å². The molecule has 0 N–H and O–H groups in total. The van der Waals surface area contributed by atoms with Gasteiger partial charge >= 0.3 is 5.51 Å². The lowest BCUT2D eigenvalue weighted by Gasteiger charge is -2.02. The van der Waals surface area contributed by atoms with Gasteiger partial charge in [0.1, 0.15) is 0 Å². The third kappa shape index (κ3) is 10.8. The van der Waals surface area contributed by atoms with E-state index in [1.54, 1.807) is 0 Å². The normalized spacial score (nSPS) is 12.0. The van der Waals surface area contributed by atoms with E-state index in [-0.39, 0.29) is 10.8 Å². The molecular weight excluding hydrogens is 213 g/mol. The van der Waals surface area contributed by atoms with E-state index in [2.05, 4.69) is 0 Å². The molecule has 0 fully saturated rings. The van der Waals surface area contributed by atoms with E-state index >= 15 is 0 Å². The van der Waals surface area contributed by atoms with Crippen molar-refractivity contribution in [1.29, 1.82) is 0 Å². The predicted molar refractivity (Wildman–Crippen MR) is 48.6 cm³/mol. The first-order chi connectivity index (χ1) is 5.06. The van der Waals surface area contributed by atoms with Gasteiger partial charge in [0, 0.05) is 16.5 Å². The van der Waals surface area contributed by atoms with E-state index in [1.165, 1.54) is 10.8 Å². The van der Waals surface area contributed by atoms with Gasteiger partial charge in [-0.2, -0.15) is 13.2 Å². The van der Waals surface area contributed by atoms with Crippen LogP contribution in [0.1, 0.15) is 19.8 Å². The number of halogens is 3. The average Bonchev–Trinajstić information content (AvgIpc) is 1.85. The lowest BCUT2D eigenvalue weighted by molar-refractivity contribution is -0.0311. The molecule has 6 heteroatoms. The van der Waals surface area contributed by atoms with Gasteiger partial charge in [0.2, 0.25) is 0 Å². The minimum Gasteiger partial charge on any atom is -0.160 e. The quantitative estimate of drug-likeness (QED) is 0.502. The Morgan fingerprint density at radius 3 is 2.36 bits per heavy atom. The Labute approximate surface area is 75.9 Å². The van der Waals surface area contributed by atoms with Gasteiger partial charge in [-0.15, -0.1) is 0 Å².